The van der Waals surface area contributed by atoms with Crippen molar-refractivity contribution in [3.05, 3.63) is 47.3 Å². The summed E-state index contributed by atoms with van der Waals surface area (Å²) in [5.41, 5.74) is 2.69. The van der Waals surface area contributed by atoms with Gasteiger partial charge in [0.2, 0.25) is 0 Å². The Bertz CT molecular complexity index is 521. The van der Waals surface area contributed by atoms with E-state index in [1.165, 1.54) is 0 Å². The zero-order chi connectivity index (χ0) is 13.0. The van der Waals surface area contributed by atoms with Gasteiger partial charge in [0.15, 0.2) is 0 Å². The van der Waals surface area contributed by atoms with Crippen LogP contribution in [0.3, 0.4) is 0 Å². The maximum atomic E-state index is 9.01. The van der Waals surface area contributed by atoms with Crippen molar-refractivity contribution < 1.29 is 9.84 Å². The van der Waals surface area contributed by atoms with Gasteiger partial charge in [-0.1, -0.05) is 18.2 Å². The molecule has 4 nitrogen and oxygen atoms in total. The number of ether oxygens (including phenoxy) is 1. The molecule has 2 aromatic rings. The van der Waals surface area contributed by atoms with Gasteiger partial charge in [0.1, 0.15) is 5.75 Å². The van der Waals surface area contributed by atoms with Crippen LogP contribution in [0, 0.1) is 13.8 Å². The van der Waals surface area contributed by atoms with E-state index in [0.717, 1.165) is 17.0 Å². The monoisotopic (exact) mass is 244 g/mol. The minimum absolute atomic E-state index is 0.0913. The van der Waals surface area contributed by atoms with Crippen molar-refractivity contribution in [2.75, 3.05) is 6.61 Å². The number of aryl methyl sites for hydroxylation is 2. The van der Waals surface area contributed by atoms with Crippen LogP contribution in [0.15, 0.2) is 30.3 Å². The normalized spacial score (nSPS) is 10.4. The summed E-state index contributed by atoms with van der Waals surface area (Å²) in [5.74, 6) is 0.691. The third-order valence-corrected chi connectivity index (χ3v) is 2.52. The van der Waals surface area contributed by atoms with Gasteiger partial charge >= 0.3 is 6.01 Å². The first-order chi connectivity index (χ1) is 8.69. The lowest BCUT2D eigenvalue weighted by Crippen LogP contribution is -1.99. The van der Waals surface area contributed by atoms with Crippen molar-refractivity contribution in [2.24, 2.45) is 0 Å². The van der Waals surface area contributed by atoms with Gasteiger partial charge in [-0.25, -0.2) is 9.97 Å². The number of para-hydroxylation sites is 1. The van der Waals surface area contributed by atoms with E-state index in [4.69, 9.17) is 9.84 Å². The molecule has 0 saturated carbocycles. The predicted molar refractivity (Wildman–Crippen MR) is 68.8 cm³/mol. The average molecular weight is 244 g/mol. The molecule has 0 saturated heterocycles. The molecule has 2 rings (SSSR count). The zero-order valence-corrected chi connectivity index (χ0v) is 10.6. The Morgan fingerprint density at radius 1 is 1.11 bits per heavy atom. The van der Waals surface area contributed by atoms with Gasteiger partial charge in [0.05, 0.1) is 0 Å². The van der Waals surface area contributed by atoms with Crippen LogP contribution in [-0.4, -0.2) is 21.7 Å². The van der Waals surface area contributed by atoms with E-state index in [9.17, 15) is 0 Å². The minimum Gasteiger partial charge on any atom is -0.424 e. The molecule has 1 aromatic carbocycles. The Morgan fingerprint density at radius 3 is 2.44 bits per heavy atom. The molecule has 0 aliphatic carbocycles. The molecule has 1 heterocycles. The molecule has 4 heteroatoms. The fourth-order valence-corrected chi connectivity index (χ4v) is 1.77. The molecule has 0 aliphatic rings. The van der Waals surface area contributed by atoms with Crippen LogP contribution in [0.4, 0.5) is 0 Å². The quantitative estimate of drug-likeness (QED) is 0.897. The number of benzene rings is 1. The Balaban J connectivity index is 2.27. The van der Waals surface area contributed by atoms with Crippen molar-refractivity contribution in [3.8, 4) is 11.8 Å². The minimum atomic E-state index is 0.0913. The molecule has 0 radical (unpaired) electrons. The Kier molecular flexibility index (Phi) is 3.89. The van der Waals surface area contributed by atoms with Gasteiger partial charge in [-0.15, -0.1) is 0 Å². The van der Waals surface area contributed by atoms with Crippen LogP contribution >= 0.6 is 0 Å². The van der Waals surface area contributed by atoms with Crippen molar-refractivity contribution in [1.82, 2.24) is 9.97 Å². The summed E-state index contributed by atoms with van der Waals surface area (Å²) in [6, 6.07) is 9.82. The Labute approximate surface area is 106 Å². The van der Waals surface area contributed by atoms with E-state index in [-0.39, 0.29) is 6.61 Å². The summed E-state index contributed by atoms with van der Waals surface area (Å²) in [7, 11) is 0. The first-order valence-corrected chi connectivity index (χ1v) is 5.88. The largest absolute Gasteiger partial charge is 0.424 e. The van der Waals surface area contributed by atoms with Crippen molar-refractivity contribution >= 4 is 0 Å². The van der Waals surface area contributed by atoms with E-state index >= 15 is 0 Å². The van der Waals surface area contributed by atoms with Gasteiger partial charge in [-0.3, -0.25) is 0 Å². The van der Waals surface area contributed by atoms with Crippen LogP contribution in [0.1, 0.15) is 17.0 Å². The van der Waals surface area contributed by atoms with Crippen LogP contribution in [0.5, 0.6) is 11.8 Å². The second-order valence-electron chi connectivity index (χ2n) is 4.12. The number of aliphatic hydroxyl groups excluding tert-OH is 1. The topological polar surface area (TPSA) is 55.2 Å². The van der Waals surface area contributed by atoms with Gasteiger partial charge in [-0.2, -0.15) is 0 Å². The Morgan fingerprint density at radius 2 is 1.78 bits per heavy atom. The van der Waals surface area contributed by atoms with E-state index in [1.54, 1.807) is 0 Å². The van der Waals surface area contributed by atoms with Crippen LogP contribution in [-0.2, 0) is 6.42 Å². The molecule has 0 aliphatic heterocycles. The highest BCUT2D eigenvalue weighted by atomic mass is 16.5. The van der Waals surface area contributed by atoms with Crippen LogP contribution in [0.2, 0.25) is 0 Å². The number of hydrogen-bond donors (Lipinski definition) is 1. The third-order valence-electron chi connectivity index (χ3n) is 2.52. The molecular formula is C14H16N2O2. The summed E-state index contributed by atoms with van der Waals surface area (Å²) in [4.78, 5) is 8.47. The predicted octanol–water partition coefficient (Wildman–Crippen LogP) is 2.42. The second kappa shape index (κ2) is 5.60. The number of aromatic nitrogens is 2. The van der Waals surface area contributed by atoms with Gasteiger partial charge in [0, 0.05) is 18.0 Å². The molecule has 94 valence electrons. The molecule has 1 N–H and O–H groups in total. The number of rotatable bonds is 4. The molecular weight excluding hydrogens is 228 g/mol. The first kappa shape index (κ1) is 12.5. The molecule has 0 fully saturated rings. The fraction of sp³-hybridized carbons (Fsp3) is 0.286. The van der Waals surface area contributed by atoms with Gasteiger partial charge < -0.3 is 9.84 Å². The summed E-state index contributed by atoms with van der Waals surface area (Å²) >= 11 is 0. The van der Waals surface area contributed by atoms with Crippen molar-refractivity contribution in [2.45, 2.75) is 20.3 Å². The summed E-state index contributed by atoms with van der Waals surface area (Å²) in [6.07, 6.45) is 0.557. The number of aliphatic hydroxyl groups is 1. The standard InChI is InChI=1S/C14H16N2O2/c1-10-9-11(2)16-14(15-10)18-13-6-4-3-5-12(13)7-8-17/h3-6,9,17H,7-8H2,1-2H3. The lowest BCUT2D eigenvalue weighted by molar-refractivity contribution is 0.297. The highest BCUT2D eigenvalue weighted by Gasteiger charge is 2.06. The lowest BCUT2D eigenvalue weighted by Gasteiger charge is -2.09. The average Bonchev–Trinajstić information content (AvgIpc) is 2.30. The third kappa shape index (κ3) is 3.05. The van der Waals surface area contributed by atoms with Crippen LogP contribution < -0.4 is 4.74 Å². The molecule has 0 atom stereocenters. The summed E-state index contributed by atoms with van der Waals surface area (Å²) < 4.78 is 5.69. The molecule has 1 aromatic heterocycles. The summed E-state index contributed by atoms with van der Waals surface area (Å²) in [6.45, 7) is 3.90. The van der Waals surface area contributed by atoms with E-state index < -0.39 is 0 Å². The number of hydrogen-bond acceptors (Lipinski definition) is 4. The molecule has 0 unspecified atom stereocenters. The van der Waals surface area contributed by atoms with Crippen molar-refractivity contribution in [3.63, 3.8) is 0 Å². The molecule has 0 spiro atoms. The van der Waals surface area contributed by atoms with Gasteiger partial charge in [0.25, 0.3) is 0 Å². The smallest absolute Gasteiger partial charge is 0.322 e. The summed E-state index contributed by atoms with van der Waals surface area (Å²) in [5, 5.41) is 9.01. The fourth-order valence-electron chi connectivity index (χ4n) is 1.77. The van der Waals surface area contributed by atoms with Crippen molar-refractivity contribution in [1.29, 1.82) is 0 Å². The maximum Gasteiger partial charge on any atom is 0.322 e. The van der Waals surface area contributed by atoms with E-state index in [1.807, 2.05) is 44.2 Å². The van der Waals surface area contributed by atoms with Crippen LogP contribution in [0.25, 0.3) is 0 Å². The number of nitrogens with zero attached hydrogens (tertiary/aromatic N) is 2. The van der Waals surface area contributed by atoms with Gasteiger partial charge in [-0.05, 0) is 38.0 Å². The molecule has 0 amide bonds. The molecule has 0 bridgehead atoms. The SMILES string of the molecule is Cc1cc(C)nc(Oc2ccccc2CCO)n1. The van der Waals surface area contributed by atoms with E-state index in [2.05, 4.69) is 9.97 Å². The lowest BCUT2D eigenvalue weighted by atomic mass is 10.1. The molecule has 18 heavy (non-hydrogen) atoms. The Hall–Kier alpha value is -1.94. The first-order valence-electron chi connectivity index (χ1n) is 5.88. The highest BCUT2D eigenvalue weighted by molar-refractivity contribution is 5.35. The van der Waals surface area contributed by atoms with E-state index in [0.29, 0.717) is 18.2 Å². The maximum absolute atomic E-state index is 9.01. The zero-order valence-electron chi connectivity index (χ0n) is 10.6. The second-order valence-corrected chi connectivity index (χ2v) is 4.12. The highest BCUT2D eigenvalue weighted by Crippen LogP contribution is 2.23.